The van der Waals surface area contributed by atoms with E-state index in [-0.39, 0.29) is 6.61 Å². The van der Waals surface area contributed by atoms with Crippen LogP contribution in [0.5, 0.6) is 5.75 Å². The van der Waals surface area contributed by atoms with Crippen LogP contribution in [-0.4, -0.2) is 12.1 Å². The van der Waals surface area contributed by atoms with E-state index < -0.39 is 17.7 Å². The summed E-state index contributed by atoms with van der Waals surface area (Å²) in [4.78, 5) is 24.1. The van der Waals surface area contributed by atoms with E-state index >= 15 is 0 Å². The predicted octanol–water partition coefficient (Wildman–Crippen LogP) is 4.23. The number of carbonyl (C=O) groups excluding carboxylic acids is 1. The molecule has 5 heteroatoms. The molecule has 0 saturated heterocycles. The Morgan fingerprint density at radius 3 is 2.41 bits per heavy atom. The fourth-order valence-electron chi connectivity index (χ4n) is 2.74. The molecule has 3 aromatic rings. The Morgan fingerprint density at radius 1 is 1.04 bits per heavy atom. The van der Waals surface area contributed by atoms with Crippen LogP contribution in [0.25, 0.3) is 11.0 Å². The molecule has 1 aromatic heterocycles. The van der Waals surface area contributed by atoms with E-state index in [1.165, 1.54) is 6.07 Å². The molecule has 5 nitrogen and oxygen atoms in total. The molecule has 0 bridgehead atoms. The second kappa shape index (κ2) is 7.66. The van der Waals surface area contributed by atoms with Crippen LogP contribution in [0.15, 0.2) is 51.7 Å². The number of aryl methyl sites for hydroxylation is 3. The minimum Gasteiger partial charge on any atom is -0.479 e. The fourth-order valence-corrected chi connectivity index (χ4v) is 2.74. The molecule has 0 N–H and O–H groups in total. The van der Waals surface area contributed by atoms with Crippen LogP contribution in [0.3, 0.4) is 0 Å². The van der Waals surface area contributed by atoms with Gasteiger partial charge in [-0.05, 0) is 63.1 Å². The van der Waals surface area contributed by atoms with Crippen LogP contribution in [0.2, 0.25) is 0 Å². The molecule has 0 spiro atoms. The van der Waals surface area contributed by atoms with Crippen molar-refractivity contribution in [2.75, 3.05) is 0 Å². The Bertz CT molecular complexity index is 1030. The molecule has 0 radical (unpaired) electrons. The van der Waals surface area contributed by atoms with Crippen LogP contribution in [0.1, 0.15) is 29.2 Å². The summed E-state index contributed by atoms with van der Waals surface area (Å²) in [6, 6.07) is 12.5. The van der Waals surface area contributed by atoms with Crippen LogP contribution in [0, 0.1) is 20.8 Å². The van der Waals surface area contributed by atoms with Crippen molar-refractivity contribution in [1.82, 2.24) is 0 Å². The van der Waals surface area contributed by atoms with Crippen molar-refractivity contribution in [3.63, 3.8) is 0 Å². The quantitative estimate of drug-likeness (QED) is 0.499. The van der Waals surface area contributed by atoms with E-state index in [9.17, 15) is 9.59 Å². The highest BCUT2D eigenvalue weighted by atomic mass is 16.6. The maximum absolute atomic E-state index is 12.3. The average molecular weight is 366 g/mol. The largest absolute Gasteiger partial charge is 0.479 e. The van der Waals surface area contributed by atoms with Gasteiger partial charge in [-0.25, -0.2) is 9.59 Å². The van der Waals surface area contributed by atoms with Gasteiger partial charge in [0.1, 0.15) is 17.9 Å². The van der Waals surface area contributed by atoms with Crippen molar-refractivity contribution in [3.05, 3.63) is 75.1 Å². The van der Waals surface area contributed by atoms with E-state index in [1.807, 2.05) is 45.0 Å². The summed E-state index contributed by atoms with van der Waals surface area (Å²) in [5.74, 6) is 0.0998. The van der Waals surface area contributed by atoms with E-state index in [2.05, 4.69) is 0 Å². The molecule has 1 heterocycles. The molecular formula is C22H22O5. The standard InChI is InChI=1S/C22H22O5/c1-13-5-7-18(8-6-13)26-16(4)22(24)25-12-17-11-21(23)27-20-10-15(3)14(2)9-19(17)20/h5-11,16H,12H2,1-4H3. The summed E-state index contributed by atoms with van der Waals surface area (Å²) in [5, 5.41) is 0.762. The third-order valence-corrected chi connectivity index (χ3v) is 4.48. The highest BCUT2D eigenvalue weighted by molar-refractivity contribution is 5.82. The average Bonchev–Trinajstić information content (AvgIpc) is 2.62. The number of hydrogen-bond acceptors (Lipinski definition) is 5. The number of fused-ring (bicyclic) bond motifs is 1. The molecule has 0 aliphatic carbocycles. The second-order valence-electron chi connectivity index (χ2n) is 6.70. The van der Waals surface area contributed by atoms with E-state index in [4.69, 9.17) is 13.9 Å². The van der Waals surface area contributed by atoms with Gasteiger partial charge in [0.25, 0.3) is 0 Å². The van der Waals surface area contributed by atoms with Crippen molar-refractivity contribution < 1.29 is 18.7 Å². The maximum atomic E-state index is 12.3. The summed E-state index contributed by atoms with van der Waals surface area (Å²) in [5.41, 5.74) is 3.83. The van der Waals surface area contributed by atoms with Crippen molar-refractivity contribution in [1.29, 1.82) is 0 Å². The van der Waals surface area contributed by atoms with Crippen molar-refractivity contribution >= 4 is 16.9 Å². The molecule has 0 aliphatic heterocycles. The lowest BCUT2D eigenvalue weighted by atomic mass is 10.0. The van der Waals surface area contributed by atoms with Crippen LogP contribution < -0.4 is 10.4 Å². The van der Waals surface area contributed by atoms with Gasteiger partial charge in [0, 0.05) is 17.0 Å². The van der Waals surface area contributed by atoms with Gasteiger partial charge in [0.15, 0.2) is 6.10 Å². The van der Waals surface area contributed by atoms with E-state index in [1.54, 1.807) is 19.1 Å². The number of ether oxygens (including phenoxy) is 2. The van der Waals surface area contributed by atoms with Crippen molar-refractivity contribution in [2.45, 2.75) is 40.4 Å². The maximum Gasteiger partial charge on any atom is 0.347 e. The first kappa shape index (κ1) is 18.7. The summed E-state index contributed by atoms with van der Waals surface area (Å²) < 4.78 is 16.2. The number of benzene rings is 2. The van der Waals surface area contributed by atoms with E-state index in [0.717, 1.165) is 22.1 Å². The Morgan fingerprint density at radius 2 is 1.70 bits per heavy atom. The third-order valence-electron chi connectivity index (χ3n) is 4.48. The molecular weight excluding hydrogens is 344 g/mol. The summed E-state index contributed by atoms with van der Waals surface area (Å²) in [7, 11) is 0. The zero-order valence-corrected chi connectivity index (χ0v) is 15.9. The van der Waals surface area contributed by atoms with Crippen molar-refractivity contribution in [2.24, 2.45) is 0 Å². The number of hydrogen-bond donors (Lipinski definition) is 0. The highest BCUT2D eigenvalue weighted by Crippen LogP contribution is 2.22. The van der Waals surface area contributed by atoms with E-state index in [0.29, 0.717) is 16.9 Å². The van der Waals surface area contributed by atoms with Gasteiger partial charge in [-0.3, -0.25) is 0 Å². The molecule has 3 rings (SSSR count). The van der Waals surface area contributed by atoms with Gasteiger partial charge in [-0.2, -0.15) is 0 Å². The first-order valence-electron chi connectivity index (χ1n) is 8.77. The van der Waals surface area contributed by atoms with Crippen LogP contribution in [0.4, 0.5) is 0 Å². The summed E-state index contributed by atoms with van der Waals surface area (Å²) in [6.07, 6.45) is -0.761. The smallest absolute Gasteiger partial charge is 0.347 e. The van der Waals surface area contributed by atoms with Crippen LogP contribution in [-0.2, 0) is 16.1 Å². The summed E-state index contributed by atoms with van der Waals surface area (Å²) >= 11 is 0. The Labute approximate surface area is 157 Å². The predicted molar refractivity (Wildman–Crippen MR) is 103 cm³/mol. The topological polar surface area (TPSA) is 65.7 Å². The van der Waals surface area contributed by atoms with Gasteiger partial charge in [-0.1, -0.05) is 17.7 Å². The van der Waals surface area contributed by atoms with Gasteiger partial charge in [0.05, 0.1) is 0 Å². The molecule has 27 heavy (non-hydrogen) atoms. The molecule has 1 atom stereocenters. The normalized spacial score (nSPS) is 12.0. The minimum atomic E-state index is -0.761. The second-order valence-corrected chi connectivity index (χ2v) is 6.70. The molecule has 0 fully saturated rings. The van der Waals surface area contributed by atoms with Gasteiger partial charge < -0.3 is 13.9 Å². The van der Waals surface area contributed by atoms with Gasteiger partial charge >= 0.3 is 11.6 Å². The lowest BCUT2D eigenvalue weighted by Gasteiger charge is -2.15. The third kappa shape index (κ3) is 4.37. The summed E-state index contributed by atoms with van der Waals surface area (Å²) in [6.45, 7) is 7.52. The molecule has 0 aliphatic rings. The fraction of sp³-hybridized carbons (Fsp3) is 0.273. The molecule has 1 unspecified atom stereocenters. The van der Waals surface area contributed by atoms with Crippen LogP contribution >= 0.6 is 0 Å². The minimum absolute atomic E-state index is 0.0228. The molecule has 0 saturated carbocycles. The van der Waals surface area contributed by atoms with Gasteiger partial charge in [-0.15, -0.1) is 0 Å². The zero-order valence-electron chi connectivity index (χ0n) is 15.9. The SMILES string of the molecule is Cc1ccc(OC(C)C(=O)OCc2cc(=O)oc3cc(C)c(C)cc23)cc1. The Balaban J connectivity index is 1.74. The zero-order chi connectivity index (χ0) is 19.6. The van der Waals surface area contributed by atoms with Gasteiger partial charge in [0.2, 0.25) is 0 Å². The van der Waals surface area contributed by atoms with Crippen molar-refractivity contribution in [3.8, 4) is 5.75 Å². The lowest BCUT2D eigenvalue weighted by Crippen LogP contribution is -2.26. The molecule has 2 aromatic carbocycles. The Hall–Kier alpha value is -3.08. The molecule has 0 amide bonds. The lowest BCUT2D eigenvalue weighted by molar-refractivity contribution is -0.152. The number of esters is 1. The molecule has 140 valence electrons. The monoisotopic (exact) mass is 366 g/mol. The first-order chi connectivity index (χ1) is 12.8. The highest BCUT2D eigenvalue weighted by Gasteiger charge is 2.17. The Kier molecular flexibility index (Phi) is 5.31. The number of rotatable bonds is 5. The number of carbonyl (C=O) groups is 1. The first-order valence-corrected chi connectivity index (χ1v) is 8.77.